The molecular weight excluding hydrogens is 420 g/mol. The van der Waals surface area contributed by atoms with Gasteiger partial charge in [-0.15, -0.1) is 0 Å². The van der Waals surface area contributed by atoms with Gasteiger partial charge in [-0.1, -0.05) is 23.7 Å². The number of ether oxygens (including phenoxy) is 1. The van der Waals surface area contributed by atoms with Crippen LogP contribution in [-0.2, 0) is 0 Å². The predicted molar refractivity (Wildman–Crippen MR) is 119 cm³/mol. The molecule has 0 heterocycles. The Bertz CT molecular complexity index is 1170. The second-order valence-corrected chi connectivity index (χ2v) is 6.83. The Morgan fingerprint density at radius 3 is 2.45 bits per heavy atom. The van der Waals surface area contributed by atoms with Crippen LogP contribution in [0.5, 0.6) is 5.75 Å². The van der Waals surface area contributed by atoms with Crippen molar-refractivity contribution in [2.24, 2.45) is 0 Å². The molecule has 3 aromatic carbocycles. The number of methoxy groups -OCH3 is 1. The molecule has 0 spiro atoms. The van der Waals surface area contributed by atoms with Crippen molar-refractivity contribution in [2.75, 3.05) is 12.4 Å². The number of allylic oxidation sites excluding steroid dienone is 1. The number of carbonyl (C=O) groups is 2. The zero-order chi connectivity index (χ0) is 22.4. The van der Waals surface area contributed by atoms with Crippen molar-refractivity contribution in [3.8, 4) is 5.75 Å². The van der Waals surface area contributed by atoms with E-state index >= 15 is 0 Å². The summed E-state index contributed by atoms with van der Waals surface area (Å²) in [5, 5.41) is 14.2. The number of rotatable bonds is 7. The first-order chi connectivity index (χ1) is 14.9. The maximum atomic E-state index is 12.5. The molecule has 3 aromatic rings. The molecule has 0 saturated heterocycles. The second kappa shape index (κ2) is 9.69. The van der Waals surface area contributed by atoms with Gasteiger partial charge in [0, 0.05) is 22.3 Å². The summed E-state index contributed by atoms with van der Waals surface area (Å²) in [6.07, 6.45) is 2.67. The third-order valence-electron chi connectivity index (χ3n) is 4.38. The first-order valence-electron chi connectivity index (χ1n) is 9.10. The molecule has 31 heavy (non-hydrogen) atoms. The number of amides is 1. The molecule has 0 saturated carbocycles. The van der Waals surface area contributed by atoms with E-state index < -0.39 is 10.8 Å². The highest BCUT2D eigenvalue weighted by Gasteiger charge is 2.14. The van der Waals surface area contributed by atoms with Crippen LogP contribution < -0.4 is 10.1 Å². The number of nitrogens with zero attached hydrogens (tertiary/aromatic N) is 1. The third-order valence-corrected chi connectivity index (χ3v) is 4.62. The number of nitro benzene ring substituents is 1. The summed E-state index contributed by atoms with van der Waals surface area (Å²) in [5.74, 6) is -0.351. The summed E-state index contributed by atoms with van der Waals surface area (Å²) in [4.78, 5) is 35.5. The van der Waals surface area contributed by atoms with Crippen molar-refractivity contribution < 1.29 is 19.2 Å². The summed E-state index contributed by atoms with van der Waals surface area (Å²) < 4.78 is 5.18. The summed E-state index contributed by atoms with van der Waals surface area (Å²) in [6, 6.07) is 17.1. The van der Waals surface area contributed by atoms with E-state index in [0.717, 1.165) is 0 Å². The van der Waals surface area contributed by atoms with Gasteiger partial charge in [-0.05, 0) is 60.7 Å². The van der Waals surface area contributed by atoms with Crippen LogP contribution in [0.15, 0.2) is 72.8 Å². The van der Waals surface area contributed by atoms with Gasteiger partial charge in [0.25, 0.3) is 11.6 Å². The molecule has 3 rings (SSSR count). The first kappa shape index (κ1) is 21.7. The monoisotopic (exact) mass is 436 g/mol. The van der Waals surface area contributed by atoms with E-state index in [1.54, 1.807) is 54.6 Å². The first-order valence-corrected chi connectivity index (χ1v) is 9.47. The number of hydrogen-bond acceptors (Lipinski definition) is 5. The molecule has 0 atom stereocenters. The minimum absolute atomic E-state index is 0.0824. The van der Waals surface area contributed by atoms with Crippen molar-refractivity contribution in [3.63, 3.8) is 0 Å². The third kappa shape index (κ3) is 5.34. The predicted octanol–water partition coefficient (Wildman–Crippen LogP) is 5.41. The standard InChI is InChI=1S/C23H17ClN2O5/c1-31-22-13-9-17(24)14-19(22)23(28)25-18-10-6-16(7-11-18)21(27)12-8-15-4-2-3-5-20(15)26(29)30/h2-14H,1H3,(H,25,28)/b12-8+. The largest absolute Gasteiger partial charge is 0.496 e. The SMILES string of the molecule is COc1ccc(Cl)cc1C(=O)Nc1ccc(C(=O)/C=C/c2ccccc2[N+](=O)[O-])cc1. The molecule has 0 unspecified atom stereocenters. The molecule has 156 valence electrons. The number of halogens is 1. The van der Waals surface area contributed by atoms with Crippen LogP contribution in [0.1, 0.15) is 26.3 Å². The molecule has 7 nitrogen and oxygen atoms in total. The number of ketones is 1. The number of anilines is 1. The summed E-state index contributed by atoms with van der Waals surface area (Å²) in [5.41, 5.74) is 1.38. The molecule has 1 N–H and O–H groups in total. The average Bonchev–Trinajstić information content (AvgIpc) is 2.78. The van der Waals surface area contributed by atoms with Crippen LogP contribution in [0.25, 0.3) is 6.08 Å². The molecule has 1 amide bonds. The van der Waals surface area contributed by atoms with E-state index in [1.807, 2.05) is 0 Å². The minimum Gasteiger partial charge on any atom is -0.496 e. The lowest BCUT2D eigenvalue weighted by Gasteiger charge is -2.10. The smallest absolute Gasteiger partial charge is 0.276 e. The Hall–Kier alpha value is -3.97. The highest BCUT2D eigenvalue weighted by molar-refractivity contribution is 6.31. The molecule has 0 aliphatic carbocycles. The van der Waals surface area contributed by atoms with E-state index in [-0.39, 0.29) is 17.0 Å². The van der Waals surface area contributed by atoms with Crippen LogP contribution in [0, 0.1) is 10.1 Å². The van der Waals surface area contributed by atoms with Crippen molar-refractivity contribution in [1.82, 2.24) is 0 Å². The van der Waals surface area contributed by atoms with Crippen molar-refractivity contribution >= 4 is 40.7 Å². The van der Waals surface area contributed by atoms with Crippen molar-refractivity contribution in [1.29, 1.82) is 0 Å². The van der Waals surface area contributed by atoms with Gasteiger partial charge in [0.15, 0.2) is 5.78 Å². The summed E-state index contributed by atoms with van der Waals surface area (Å²) in [6.45, 7) is 0. The highest BCUT2D eigenvalue weighted by Crippen LogP contribution is 2.24. The van der Waals surface area contributed by atoms with Crippen LogP contribution >= 0.6 is 11.6 Å². The van der Waals surface area contributed by atoms with Gasteiger partial charge in [-0.2, -0.15) is 0 Å². The van der Waals surface area contributed by atoms with Gasteiger partial charge < -0.3 is 10.1 Å². The van der Waals surface area contributed by atoms with Crippen molar-refractivity contribution in [3.05, 3.63) is 105 Å². The number of nitro groups is 1. The van der Waals surface area contributed by atoms with Gasteiger partial charge in [0.2, 0.25) is 0 Å². The molecule has 0 aromatic heterocycles. The molecule has 0 aliphatic heterocycles. The maximum absolute atomic E-state index is 12.5. The number of carbonyl (C=O) groups excluding carboxylic acids is 2. The molecule has 0 aliphatic rings. The zero-order valence-corrected chi connectivity index (χ0v) is 17.1. The van der Waals surface area contributed by atoms with Gasteiger partial charge in [-0.25, -0.2) is 0 Å². The Morgan fingerprint density at radius 2 is 1.77 bits per heavy atom. The Labute approximate surface area is 183 Å². The molecule has 0 radical (unpaired) electrons. The average molecular weight is 437 g/mol. The molecule has 0 fully saturated rings. The summed E-state index contributed by atoms with van der Waals surface area (Å²) >= 11 is 5.96. The molecule has 0 bridgehead atoms. The van der Waals surface area contributed by atoms with Crippen LogP contribution in [0.4, 0.5) is 11.4 Å². The van der Waals surface area contributed by atoms with Gasteiger partial charge >= 0.3 is 0 Å². The topological polar surface area (TPSA) is 98.5 Å². The number of hydrogen-bond donors (Lipinski definition) is 1. The normalized spacial score (nSPS) is 10.6. The van der Waals surface area contributed by atoms with Crippen LogP contribution in [0.3, 0.4) is 0 Å². The summed E-state index contributed by atoms with van der Waals surface area (Å²) in [7, 11) is 1.46. The fourth-order valence-electron chi connectivity index (χ4n) is 2.83. The maximum Gasteiger partial charge on any atom is 0.276 e. The van der Waals surface area contributed by atoms with Crippen LogP contribution in [0.2, 0.25) is 5.02 Å². The highest BCUT2D eigenvalue weighted by atomic mass is 35.5. The van der Waals surface area contributed by atoms with E-state index in [9.17, 15) is 19.7 Å². The lowest BCUT2D eigenvalue weighted by Crippen LogP contribution is -2.13. The second-order valence-electron chi connectivity index (χ2n) is 6.39. The number of nitrogens with one attached hydrogen (secondary N) is 1. The minimum atomic E-state index is -0.503. The van der Waals surface area contributed by atoms with Crippen LogP contribution in [-0.4, -0.2) is 23.7 Å². The number of para-hydroxylation sites is 1. The Balaban J connectivity index is 1.72. The van der Waals surface area contributed by atoms with E-state index in [2.05, 4.69) is 5.32 Å². The van der Waals surface area contributed by atoms with Crippen molar-refractivity contribution in [2.45, 2.75) is 0 Å². The lowest BCUT2D eigenvalue weighted by atomic mass is 10.1. The van der Waals surface area contributed by atoms with E-state index in [0.29, 0.717) is 27.6 Å². The fourth-order valence-corrected chi connectivity index (χ4v) is 3.00. The number of benzene rings is 3. The zero-order valence-electron chi connectivity index (χ0n) is 16.4. The molecule has 8 heteroatoms. The van der Waals surface area contributed by atoms with Gasteiger partial charge in [0.05, 0.1) is 23.2 Å². The van der Waals surface area contributed by atoms with E-state index in [4.69, 9.17) is 16.3 Å². The van der Waals surface area contributed by atoms with Gasteiger partial charge in [0.1, 0.15) is 5.75 Å². The van der Waals surface area contributed by atoms with Gasteiger partial charge in [-0.3, -0.25) is 19.7 Å². The van der Waals surface area contributed by atoms with E-state index in [1.165, 1.54) is 31.4 Å². The lowest BCUT2D eigenvalue weighted by molar-refractivity contribution is -0.385. The molecular formula is C23H17ClN2O5. The Kier molecular flexibility index (Phi) is 6.79. The Morgan fingerprint density at radius 1 is 1.06 bits per heavy atom. The quantitative estimate of drug-likeness (QED) is 0.231. The fraction of sp³-hybridized carbons (Fsp3) is 0.0435.